The van der Waals surface area contributed by atoms with E-state index >= 15 is 4.79 Å². The Balaban J connectivity index is 1.33. The minimum atomic E-state index is -1.56. The standard InChI is InChI=1S/C41H34ClFIN3O6/c1-3-21-4-14-27(15-5-21)46-37(49)29-17-16-28-30(34(29)39(46)51)20-31-38(50)47(45-26-12-10-25(43)11-13-26)40(52)41(31,23-6-8-24(42)9-7-23)35(28)22-18-32(44)36(48)33(19-22)53-2/h4-16,18-19,29-31,34-35,45,48H,3,17,20H2,1-2H3/t29-,30+,31-,34-,35-,41+/m0/s1. The topological polar surface area (TPSA) is 116 Å². The second-order valence-electron chi connectivity index (χ2n) is 14.0. The second-order valence-corrected chi connectivity index (χ2v) is 15.6. The van der Waals surface area contributed by atoms with Crippen LogP contribution in [0.25, 0.3) is 0 Å². The van der Waals surface area contributed by atoms with E-state index in [4.69, 9.17) is 16.3 Å². The molecule has 1 saturated carbocycles. The lowest BCUT2D eigenvalue weighted by Gasteiger charge is -2.50. The third kappa shape index (κ3) is 5.37. The van der Waals surface area contributed by atoms with E-state index in [0.717, 1.165) is 22.6 Å². The Labute approximate surface area is 323 Å². The third-order valence-electron chi connectivity index (χ3n) is 11.5. The first kappa shape index (κ1) is 35.3. The van der Waals surface area contributed by atoms with Crippen LogP contribution in [0.1, 0.15) is 42.4 Å². The number of allylic oxidation sites excluding steroid dienone is 2. The number of benzene rings is 4. The lowest BCUT2D eigenvalue weighted by atomic mass is 9.49. The molecule has 2 heterocycles. The summed E-state index contributed by atoms with van der Waals surface area (Å²) in [5.41, 5.74) is 5.18. The van der Waals surface area contributed by atoms with E-state index in [1.165, 1.54) is 36.3 Å². The Hall–Kier alpha value is -4.75. The van der Waals surface area contributed by atoms with Gasteiger partial charge in [0.1, 0.15) is 5.82 Å². The predicted octanol–water partition coefficient (Wildman–Crippen LogP) is 7.55. The summed E-state index contributed by atoms with van der Waals surface area (Å²) < 4.78 is 20.0. The van der Waals surface area contributed by atoms with E-state index in [1.54, 1.807) is 48.5 Å². The van der Waals surface area contributed by atoms with Gasteiger partial charge in [-0.05, 0) is 125 Å². The van der Waals surface area contributed by atoms with Crippen molar-refractivity contribution in [1.82, 2.24) is 5.01 Å². The van der Waals surface area contributed by atoms with Crippen LogP contribution >= 0.6 is 34.2 Å². The molecule has 2 saturated heterocycles. The molecule has 0 bridgehead atoms. The van der Waals surface area contributed by atoms with Crippen LogP contribution in [0.2, 0.25) is 5.02 Å². The van der Waals surface area contributed by atoms with Crippen LogP contribution in [0, 0.1) is 33.1 Å². The molecule has 4 aromatic carbocycles. The molecule has 2 N–H and O–H groups in total. The number of carbonyl (C=O) groups excluding carboxylic acids is 4. The predicted molar refractivity (Wildman–Crippen MR) is 205 cm³/mol. The minimum absolute atomic E-state index is 0.0753. The largest absolute Gasteiger partial charge is 0.504 e. The minimum Gasteiger partial charge on any atom is -0.504 e. The van der Waals surface area contributed by atoms with Gasteiger partial charge in [-0.15, -0.1) is 0 Å². The summed E-state index contributed by atoms with van der Waals surface area (Å²) in [6.45, 7) is 2.03. The summed E-state index contributed by atoms with van der Waals surface area (Å²) in [6.07, 6.45) is 3.14. The molecule has 4 aromatic rings. The zero-order valence-electron chi connectivity index (χ0n) is 28.7. The molecule has 0 spiro atoms. The number of carbonyl (C=O) groups is 4. The molecule has 9 nitrogen and oxygen atoms in total. The average Bonchev–Trinajstić information content (AvgIpc) is 3.54. The van der Waals surface area contributed by atoms with Crippen molar-refractivity contribution >= 4 is 69.2 Å². The number of fused-ring (bicyclic) bond motifs is 4. The van der Waals surface area contributed by atoms with Crippen molar-refractivity contribution in [3.8, 4) is 11.5 Å². The monoisotopic (exact) mass is 845 g/mol. The van der Waals surface area contributed by atoms with E-state index in [0.29, 0.717) is 31.1 Å². The molecule has 0 aromatic heterocycles. The van der Waals surface area contributed by atoms with Crippen molar-refractivity contribution < 1.29 is 33.4 Å². The third-order valence-corrected chi connectivity index (χ3v) is 12.5. The fraction of sp³-hybridized carbons (Fsp3) is 0.268. The molecule has 2 aliphatic carbocycles. The number of imide groups is 2. The maximum absolute atomic E-state index is 15.3. The van der Waals surface area contributed by atoms with Crippen LogP contribution in [0.5, 0.6) is 11.5 Å². The summed E-state index contributed by atoms with van der Waals surface area (Å²) in [7, 11) is 1.43. The van der Waals surface area contributed by atoms with Gasteiger partial charge in [-0.3, -0.25) is 29.5 Å². The van der Waals surface area contributed by atoms with Crippen molar-refractivity contribution in [2.45, 2.75) is 37.5 Å². The maximum Gasteiger partial charge on any atom is 0.260 e. The quantitative estimate of drug-likeness (QED) is 0.112. The van der Waals surface area contributed by atoms with Crippen molar-refractivity contribution in [3.05, 3.63) is 128 Å². The molecular weight excluding hydrogens is 812 g/mol. The van der Waals surface area contributed by atoms with E-state index in [2.05, 4.69) is 5.43 Å². The molecule has 0 unspecified atom stereocenters. The van der Waals surface area contributed by atoms with Crippen molar-refractivity contribution in [1.29, 1.82) is 0 Å². The van der Waals surface area contributed by atoms with Gasteiger partial charge in [0.05, 0.1) is 45.2 Å². The highest BCUT2D eigenvalue weighted by molar-refractivity contribution is 14.1. The molecule has 53 heavy (non-hydrogen) atoms. The van der Waals surface area contributed by atoms with Crippen molar-refractivity contribution in [2.75, 3.05) is 17.4 Å². The van der Waals surface area contributed by atoms with Crippen LogP contribution in [0.3, 0.4) is 0 Å². The number of nitrogens with one attached hydrogen (secondary N) is 1. The highest BCUT2D eigenvalue weighted by Crippen LogP contribution is 2.64. The smallest absolute Gasteiger partial charge is 0.260 e. The number of halogens is 3. The summed E-state index contributed by atoms with van der Waals surface area (Å²) in [5.74, 6) is -5.93. The van der Waals surface area contributed by atoms with Crippen LogP contribution in [-0.2, 0) is 31.0 Å². The fourth-order valence-electron chi connectivity index (χ4n) is 9.08. The Kier molecular flexibility index (Phi) is 8.84. The number of methoxy groups -OCH3 is 1. The van der Waals surface area contributed by atoms with Gasteiger partial charge in [-0.1, -0.05) is 54.4 Å². The van der Waals surface area contributed by atoms with E-state index < -0.39 is 52.6 Å². The van der Waals surface area contributed by atoms with Gasteiger partial charge < -0.3 is 9.84 Å². The Morgan fingerprint density at radius 3 is 2.30 bits per heavy atom. The maximum atomic E-state index is 15.3. The number of anilines is 2. The number of phenols is 1. The van der Waals surface area contributed by atoms with Gasteiger partial charge in [0, 0.05) is 10.9 Å². The summed E-state index contributed by atoms with van der Waals surface area (Å²) in [4.78, 5) is 60.1. The molecule has 2 aliphatic heterocycles. The van der Waals surface area contributed by atoms with Crippen LogP contribution in [-0.4, -0.2) is 40.9 Å². The number of nitrogens with zero attached hydrogens (tertiary/aromatic N) is 2. The lowest BCUT2D eigenvalue weighted by molar-refractivity contribution is -0.138. The highest BCUT2D eigenvalue weighted by atomic mass is 127. The molecule has 4 aliphatic rings. The Morgan fingerprint density at radius 2 is 1.64 bits per heavy atom. The van der Waals surface area contributed by atoms with Gasteiger partial charge in [0.2, 0.25) is 11.8 Å². The van der Waals surface area contributed by atoms with Crippen LogP contribution < -0.4 is 15.1 Å². The fourth-order valence-corrected chi connectivity index (χ4v) is 9.83. The molecule has 4 amide bonds. The molecule has 6 atom stereocenters. The molecule has 270 valence electrons. The lowest BCUT2D eigenvalue weighted by Crippen LogP contribution is -2.53. The molecule has 3 fully saturated rings. The van der Waals surface area contributed by atoms with Gasteiger partial charge in [0.15, 0.2) is 11.5 Å². The van der Waals surface area contributed by atoms with E-state index in [1.807, 2.05) is 47.7 Å². The first-order chi connectivity index (χ1) is 25.5. The molecule has 8 rings (SSSR count). The number of ether oxygens (including phenoxy) is 1. The number of hydrogen-bond acceptors (Lipinski definition) is 7. The number of hydrogen-bond donors (Lipinski definition) is 2. The van der Waals surface area contributed by atoms with Crippen LogP contribution in [0.4, 0.5) is 15.8 Å². The molecular formula is C41H34ClFIN3O6. The second kappa shape index (κ2) is 13.3. The number of aromatic hydroxyl groups is 1. The number of rotatable bonds is 7. The van der Waals surface area contributed by atoms with Gasteiger partial charge in [0.25, 0.3) is 11.8 Å². The SMILES string of the molecule is CCc1ccc(N2C(=O)[C@H]3[C@H](CC=C4[C@H]3C[C@H]3C(=O)N(Nc5ccc(F)cc5)C(=O)[C@@]3(c3ccc(Cl)cc3)[C@H]4c3cc(I)c(O)c(OC)c3)C2=O)cc1. The van der Waals surface area contributed by atoms with E-state index in [-0.39, 0.29) is 36.2 Å². The number of aryl methyl sites for hydroxylation is 1. The number of amides is 4. The first-order valence-corrected chi connectivity index (χ1v) is 18.8. The van der Waals surface area contributed by atoms with Crippen LogP contribution in [0.15, 0.2) is 96.6 Å². The van der Waals surface area contributed by atoms with Gasteiger partial charge >= 0.3 is 0 Å². The Bertz CT molecular complexity index is 2210. The highest BCUT2D eigenvalue weighted by Gasteiger charge is 2.70. The summed E-state index contributed by atoms with van der Waals surface area (Å²) in [6, 6.07) is 23.0. The number of hydrazine groups is 1. The molecule has 12 heteroatoms. The van der Waals surface area contributed by atoms with Gasteiger partial charge in [-0.2, -0.15) is 5.01 Å². The van der Waals surface area contributed by atoms with E-state index in [9.17, 15) is 23.9 Å². The zero-order valence-corrected chi connectivity index (χ0v) is 31.6. The zero-order chi connectivity index (χ0) is 37.3. The van der Waals surface area contributed by atoms with Crippen molar-refractivity contribution in [3.63, 3.8) is 0 Å². The number of phenolic OH excluding ortho intramolecular Hbond substituents is 1. The average molecular weight is 846 g/mol. The first-order valence-electron chi connectivity index (χ1n) is 17.4. The normalized spacial score (nSPS) is 26.3. The van der Waals surface area contributed by atoms with Crippen molar-refractivity contribution in [2.24, 2.45) is 23.7 Å². The summed E-state index contributed by atoms with van der Waals surface area (Å²) in [5, 5.41) is 12.4. The molecule has 0 radical (unpaired) electrons. The van der Waals surface area contributed by atoms with Gasteiger partial charge in [-0.25, -0.2) is 4.39 Å². The summed E-state index contributed by atoms with van der Waals surface area (Å²) >= 11 is 8.39. The Morgan fingerprint density at radius 1 is 0.943 bits per heavy atom.